The number of carbonyl (C=O) groups excluding carboxylic acids is 1. The number of aryl methyl sites for hydroxylation is 1. The Morgan fingerprint density at radius 2 is 2.00 bits per heavy atom. The Labute approximate surface area is 193 Å². The summed E-state index contributed by atoms with van der Waals surface area (Å²) in [6, 6.07) is 0.853. The molecule has 0 saturated heterocycles. The van der Waals surface area contributed by atoms with E-state index in [4.69, 9.17) is 4.84 Å². The van der Waals surface area contributed by atoms with Crippen molar-refractivity contribution in [2.75, 3.05) is 5.75 Å². The van der Waals surface area contributed by atoms with Gasteiger partial charge in [0.05, 0.1) is 45.3 Å². The minimum atomic E-state index is -4.62. The van der Waals surface area contributed by atoms with E-state index in [-0.39, 0.29) is 45.0 Å². The second-order valence-corrected chi connectivity index (χ2v) is 9.23. The molecule has 0 fully saturated rings. The second-order valence-electron chi connectivity index (χ2n) is 7.57. The van der Waals surface area contributed by atoms with E-state index >= 15 is 0 Å². The van der Waals surface area contributed by atoms with E-state index < -0.39 is 28.6 Å². The van der Waals surface area contributed by atoms with Crippen molar-refractivity contribution in [2.45, 2.75) is 38.1 Å². The third-order valence-electron chi connectivity index (χ3n) is 4.85. The van der Waals surface area contributed by atoms with E-state index in [0.29, 0.717) is 5.52 Å². The van der Waals surface area contributed by atoms with Gasteiger partial charge in [0.1, 0.15) is 11.5 Å². The van der Waals surface area contributed by atoms with Crippen molar-refractivity contribution in [2.24, 2.45) is 7.05 Å². The fraction of sp³-hybridized carbons (Fsp3) is 0.350. The molecule has 0 aliphatic rings. The number of hydrogen-bond donors (Lipinski definition) is 1. The van der Waals surface area contributed by atoms with Gasteiger partial charge < -0.3 is 4.57 Å². The molecule has 1 amide bonds. The van der Waals surface area contributed by atoms with Crippen LogP contribution in [0.1, 0.15) is 36.8 Å². The number of halogens is 3. The number of alkyl halides is 3. The SMILES string of the molecule is CCS(=O)c1nn2cc(C(=O)NOC(C)C)cnc2c1-c1nc2cc(C(F)(F)F)ncc2n1C. The number of imidazole rings is 1. The maximum atomic E-state index is 13.1. The molecule has 1 atom stereocenters. The van der Waals surface area contributed by atoms with Gasteiger partial charge in [-0.25, -0.2) is 24.9 Å². The third-order valence-corrected chi connectivity index (χ3v) is 6.09. The minimum Gasteiger partial charge on any atom is -0.326 e. The second kappa shape index (κ2) is 8.76. The van der Waals surface area contributed by atoms with Gasteiger partial charge >= 0.3 is 6.18 Å². The number of aromatic nitrogens is 6. The molecule has 0 bridgehead atoms. The van der Waals surface area contributed by atoms with Gasteiger partial charge in [-0.2, -0.15) is 18.3 Å². The van der Waals surface area contributed by atoms with Crippen LogP contribution in [0.15, 0.2) is 29.7 Å². The van der Waals surface area contributed by atoms with Gasteiger partial charge in [-0.3, -0.25) is 13.8 Å². The van der Waals surface area contributed by atoms with Crippen molar-refractivity contribution >= 4 is 33.4 Å². The molecule has 1 N–H and O–H groups in total. The molecule has 14 heteroatoms. The molecule has 4 heterocycles. The quantitative estimate of drug-likeness (QED) is 0.409. The van der Waals surface area contributed by atoms with Gasteiger partial charge in [-0.05, 0) is 19.9 Å². The normalized spacial score (nSPS) is 13.2. The summed E-state index contributed by atoms with van der Waals surface area (Å²) in [6.07, 6.45) is -1.08. The molecule has 0 aliphatic carbocycles. The number of nitrogens with zero attached hydrogens (tertiary/aromatic N) is 6. The highest BCUT2D eigenvalue weighted by Crippen LogP contribution is 2.34. The maximum Gasteiger partial charge on any atom is 0.433 e. The van der Waals surface area contributed by atoms with Gasteiger partial charge in [-0.15, -0.1) is 0 Å². The van der Waals surface area contributed by atoms with Crippen molar-refractivity contribution < 1.29 is 27.0 Å². The smallest absolute Gasteiger partial charge is 0.326 e. The standard InChI is InChI=1S/C20H20F3N7O3S/c1-5-34(32)19-15(16-25-7-11(9-30(16)27-19)18(31)28-33-10(2)3)17-26-12-6-14(20(21,22)23)24-8-13(12)29(17)4/h6-10H,5H2,1-4H3,(H,28,31). The topological polar surface area (TPSA) is 116 Å². The number of pyridine rings is 1. The van der Waals surface area contributed by atoms with Crippen LogP contribution < -0.4 is 5.48 Å². The van der Waals surface area contributed by atoms with E-state index in [2.05, 4.69) is 25.5 Å². The van der Waals surface area contributed by atoms with Crippen molar-refractivity contribution in [1.82, 2.24) is 34.6 Å². The summed E-state index contributed by atoms with van der Waals surface area (Å²) < 4.78 is 55.0. The highest BCUT2D eigenvalue weighted by Gasteiger charge is 2.33. The molecule has 0 spiro atoms. The first kappa shape index (κ1) is 23.8. The number of hydroxylamine groups is 1. The molecule has 180 valence electrons. The average Bonchev–Trinajstić information content (AvgIpc) is 3.32. The predicted molar refractivity (Wildman–Crippen MR) is 116 cm³/mol. The highest BCUT2D eigenvalue weighted by atomic mass is 32.2. The molecule has 0 radical (unpaired) electrons. The first-order chi connectivity index (χ1) is 16.0. The number of fused-ring (bicyclic) bond motifs is 2. The van der Waals surface area contributed by atoms with Crippen molar-refractivity contribution in [3.63, 3.8) is 0 Å². The van der Waals surface area contributed by atoms with E-state index in [9.17, 15) is 22.2 Å². The summed E-state index contributed by atoms with van der Waals surface area (Å²) in [5, 5.41) is 4.50. The molecule has 4 aromatic rings. The lowest BCUT2D eigenvalue weighted by molar-refractivity contribution is -0.141. The van der Waals surface area contributed by atoms with Gasteiger partial charge in [-0.1, -0.05) is 6.92 Å². The van der Waals surface area contributed by atoms with Crippen LogP contribution in [0.3, 0.4) is 0 Å². The van der Waals surface area contributed by atoms with Crippen LogP contribution >= 0.6 is 0 Å². The largest absolute Gasteiger partial charge is 0.433 e. The molecule has 0 saturated carbocycles. The van der Waals surface area contributed by atoms with Crippen LogP contribution in [0.5, 0.6) is 0 Å². The molecule has 4 rings (SSSR count). The third kappa shape index (κ3) is 4.25. The van der Waals surface area contributed by atoms with E-state index in [1.54, 1.807) is 27.8 Å². The summed E-state index contributed by atoms with van der Waals surface area (Å²) in [7, 11) is 0.0475. The molecule has 0 aliphatic heterocycles. The Morgan fingerprint density at radius 3 is 2.65 bits per heavy atom. The van der Waals surface area contributed by atoms with Crippen LogP contribution in [0.2, 0.25) is 0 Å². The molecular weight excluding hydrogens is 475 g/mol. The predicted octanol–water partition coefficient (Wildman–Crippen LogP) is 2.89. The lowest BCUT2D eigenvalue weighted by atomic mass is 10.3. The summed E-state index contributed by atoms with van der Waals surface area (Å²) in [6.45, 7) is 5.20. The van der Waals surface area contributed by atoms with E-state index in [1.807, 2.05) is 0 Å². The Kier molecular flexibility index (Phi) is 6.12. The van der Waals surface area contributed by atoms with Crippen molar-refractivity contribution in [3.05, 3.63) is 35.9 Å². The minimum absolute atomic E-state index is 0.0641. The number of amides is 1. The molecule has 4 aromatic heterocycles. The van der Waals surface area contributed by atoms with Crippen molar-refractivity contribution in [1.29, 1.82) is 0 Å². The molecule has 10 nitrogen and oxygen atoms in total. The summed E-state index contributed by atoms with van der Waals surface area (Å²) in [5.74, 6) is -0.0986. The number of carbonyl (C=O) groups is 1. The van der Waals surface area contributed by atoms with Gasteiger partial charge in [0.2, 0.25) is 0 Å². The zero-order valence-corrected chi connectivity index (χ0v) is 19.4. The Morgan fingerprint density at radius 1 is 1.26 bits per heavy atom. The molecular formula is C20H20F3N7O3S. The number of rotatable bonds is 6. The Hall–Kier alpha value is -3.39. The van der Waals surface area contributed by atoms with Crippen molar-refractivity contribution in [3.8, 4) is 11.4 Å². The number of nitrogens with one attached hydrogen (secondary N) is 1. The Balaban J connectivity index is 1.89. The first-order valence-electron chi connectivity index (χ1n) is 10.1. The summed E-state index contributed by atoms with van der Waals surface area (Å²) in [4.78, 5) is 29.6. The fourth-order valence-electron chi connectivity index (χ4n) is 3.22. The van der Waals surface area contributed by atoms with Crippen LogP contribution in [-0.2, 0) is 28.9 Å². The van der Waals surface area contributed by atoms with Crippen LogP contribution in [0, 0.1) is 0 Å². The fourth-order valence-corrected chi connectivity index (χ4v) is 4.08. The first-order valence-corrected chi connectivity index (χ1v) is 11.5. The van der Waals surface area contributed by atoms with Crippen LogP contribution in [0.25, 0.3) is 28.1 Å². The highest BCUT2D eigenvalue weighted by molar-refractivity contribution is 7.85. The van der Waals surface area contributed by atoms with Gasteiger partial charge in [0, 0.05) is 25.2 Å². The summed E-state index contributed by atoms with van der Waals surface area (Å²) in [5.41, 5.74) is 2.30. The zero-order chi connectivity index (χ0) is 24.8. The molecule has 0 aromatic carbocycles. The average molecular weight is 495 g/mol. The van der Waals surface area contributed by atoms with Gasteiger partial charge in [0.15, 0.2) is 10.7 Å². The van der Waals surface area contributed by atoms with Crippen LogP contribution in [-0.4, -0.2) is 51.1 Å². The maximum absolute atomic E-state index is 13.1. The molecule has 34 heavy (non-hydrogen) atoms. The summed E-state index contributed by atoms with van der Waals surface area (Å²) >= 11 is 0. The van der Waals surface area contributed by atoms with E-state index in [0.717, 1.165) is 12.3 Å². The Bertz CT molecular complexity index is 1430. The lowest BCUT2D eigenvalue weighted by Gasteiger charge is -2.08. The molecule has 1 unspecified atom stereocenters. The number of hydrogen-bond acceptors (Lipinski definition) is 7. The monoisotopic (exact) mass is 495 g/mol. The lowest BCUT2D eigenvalue weighted by Crippen LogP contribution is -2.27. The van der Waals surface area contributed by atoms with Gasteiger partial charge in [0.25, 0.3) is 5.91 Å². The van der Waals surface area contributed by atoms with E-state index in [1.165, 1.54) is 21.5 Å². The van der Waals surface area contributed by atoms with Crippen LogP contribution in [0.4, 0.5) is 13.2 Å². The zero-order valence-electron chi connectivity index (χ0n) is 18.5.